The number of aliphatic imine (C=N–C) groups is 1. The quantitative estimate of drug-likeness (QED) is 0.423. The molecule has 0 fully saturated rings. The highest BCUT2D eigenvalue weighted by Crippen LogP contribution is 2.38. The number of carbonyl (C=O) groups excluding carboxylic acids is 1. The van der Waals surface area contributed by atoms with Gasteiger partial charge in [-0.2, -0.15) is 0 Å². The minimum atomic E-state index is -2.02. The molecule has 0 saturated heterocycles. The van der Waals surface area contributed by atoms with E-state index in [1.54, 1.807) is 7.11 Å². The van der Waals surface area contributed by atoms with E-state index in [1.165, 1.54) is 22.3 Å². The van der Waals surface area contributed by atoms with Crippen molar-refractivity contribution in [2.75, 3.05) is 38.7 Å². The third-order valence-corrected chi connectivity index (χ3v) is 7.06. The number of fused-ring (bicyclic) bond motifs is 2. The first kappa shape index (κ1) is 22.8. The van der Waals surface area contributed by atoms with Crippen molar-refractivity contribution in [2.24, 2.45) is 15.1 Å². The number of anilines is 1. The lowest BCUT2D eigenvalue weighted by molar-refractivity contribution is 0.183. The second-order valence-corrected chi connectivity index (χ2v) is 9.26. The number of ether oxygens (including phenoxy) is 2. The Hall–Kier alpha value is -2.43. The van der Waals surface area contributed by atoms with Gasteiger partial charge < -0.3 is 34.4 Å². The van der Waals surface area contributed by atoms with Crippen LogP contribution in [0, 0.1) is 0 Å². The molecule has 2 aliphatic carbocycles. The van der Waals surface area contributed by atoms with Gasteiger partial charge in [0.15, 0.2) is 5.90 Å². The Bertz CT molecular complexity index is 997. The Kier molecular flexibility index (Phi) is 7.44. The second kappa shape index (κ2) is 10.5. The van der Waals surface area contributed by atoms with Gasteiger partial charge in [0.1, 0.15) is 6.61 Å². The van der Waals surface area contributed by atoms with E-state index in [1.807, 2.05) is 0 Å². The number of benzene rings is 1. The summed E-state index contributed by atoms with van der Waals surface area (Å²) in [6, 6.07) is 1.68. The van der Waals surface area contributed by atoms with E-state index in [-0.39, 0.29) is 16.8 Å². The fourth-order valence-corrected chi connectivity index (χ4v) is 5.22. The Labute approximate surface area is 190 Å². The van der Waals surface area contributed by atoms with Gasteiger partial charge in [0.25, 0.3) is 0 Å². The van der Waals surface area contributed by atoms with Crippen LogP contribution in [-0.4, -0.2) is 51.4 Å². The van der Waals surface area contributed by atoms with E-state index in [0.29, 0.717) is 26.3 Å². The summed E-state index contributed by atoms with van der Waals surface area (Å²) in [4.78, 5) is 17.1. The third-order valence-electron chi connectivity index (χ3n) is 6.04. The number of nitrogens with two attached hydrogens (primary N) is 1. The molecule has 3 aliphatic rings. The van der Waals surface area contributed by atoms with Gasteiger partial charge in [0, 0.05) is 19.3 Å². The molecule has 1 aliphatic heterocycles. The van der Waals surface area contributed by atoms with Gasteiger partial charge in [-0.05, 0) is 71.9 Å². The Balaban J connectivity index is 1.45. The first-order chi connectivity index (χ1) is 15.6. The molecule has 174 valence electrons. The van der Waals surface area contributed by atoms with Crippen LogP contribution in [0.1, 0.15) is 35.1 Å². The maximum Gasteiger partial charge on any atom is 0.322 e. The topological polar surface area (TPSA) is 127 Å². The smallest absolute Gasteiger partial charge is 0.322 e. The highest BCUT2D eigenvalue weighted by atomic mass is 32.2. The van der Waals surface area contributed by atoms with E-state index >= 15 is 0 Å². The summed E-state index contributed by atoms with van der Waals surface area (Å²) in [6.45, 7) is 2.07. The SMILES string of the molecule is COCCNC1CN=C(C(=CN)[S-](=O)=NC(=O)Nc2c3c(cc4c2CCC4)CCC3)OC1. The summed E-state index contributed by atoms with van der Waals surface area (Å²) in [5.74, 6) is 0.161. The molecular formula is C22H30N5O4S-. The minimum absolute atomic E-state index is 0.0314. The summed E-state index contributed by atoms with van der Waals surface area (Å²) >= 11 is 0. The van der Waals surface area contributed by atoms with Gasteiger partial charge in [-0.25, -0.2) is 4.79 Å². The van der Waals surface area contributed by atoms with Crippen LogP contribution in [0.5, 0.6) is 0 Å². The number of nitrogens with one attached hydrogen (secondary N) is 2. The fraction of sp³-hybridized carbons (Fsp3) is 0.545. The summed E-state index contributed by atoms with van der Waals surface area (Å²) in [6.07, 6.45) is 7.27. The molecule has 1 heterocycles. The zero-order valence-corrected chi connectivity index (χ0v) is 19.1. The molecule has 1 unspecified atom stereocenters. The number of urea groups is 1. The predicted octanol–water partition coefficient (Wildman–Crippen LogP) is 2.18. The van der Waals surface area contributed by atoms with Crippen LogP contribution in [0.3, 0.4) is 0 Å². The molecule has 0 radical (unpaired) electrons. The number of hydrogen-bond acceptors (Lipinski definition) is 8. The average Bonchev–Trinajstić information content (AvgIpc) is 3.45. The lowest BCUT2D eigenvalue weighted by Gasteiger charge is -2.25. The van der Waals surface area contributed by atoms with Crippen molar-refractivity contribution in [3.8, 4) is 0 Å². The van der Waals surface area contributed by atoms with Gasteiger partial charge in [-0.3, -0.25) is 4.99 Å². The Morgan fingerprint density at radius 3 is 2.62 bits per heavy atom. The zero-order valence-electron chi connectivity index (χ0n) is 18.3. The minimum Gasteiger partial charge on any atom is -0.477 e. The van der Waals surface area contributed by atoms with Crippen molar-refractivity contribution in [3.05, 3.63) is 39.4 Å². The van der Waals surface area contributed by atoms with Gasteiger partial charge in [0.2, 0.25) is 0 Å². The molecule has 4 rings (SSSR count). The number of amides is 2. The number of nitrogens with zero attached hydrogens (tertiary/aromatic N) is 2. The monoisotopic (exact) mass is 460 g/mol. The van der Waals surface area contributed by atoms with Gasteiger partial charge >= 0.3 is 6.03 Å². The average molecular weight is 461 g/mol. The highest BCUT2D eigenvalue weighted by molar-refractivity contribution is 7.80. The van der Waals surface area contributed by atoms with Crippen LogP contribution in [0.2, 0.25) is 0 Å². The molecule has 2 amide bonds. The Morgan fingerprint density at radius 1 is 1.31 bits per heavy atom. The number of methoxy groups -OCH3 is 1. The van der Waals surface area contributed by atoms with Crippen LogP contribution < -0.4 is 16.4 Å². The fourth-order valence-electron chi connectivity index (χ4n) is 4.53. The van der Waals surface area contributed by atoms with E-state index in [2.05, 4.69) is 26.1 Å². The molecule has 4 N–H and O–H groups in total. The van der Waals surface area contributed by atoms with Crippen molar-refractivity contribution in [1.82, 2.24) is 5.32 Å². The molecular weight excluding hydrogens is 430 g/mol. The van der Waals surface area contributed by atoms with Crippen LogP contribution >= 0.6 is 0 Å². The number of aryl methyl sites for hydroxylation is 2. The van der Waals surface area contributed by atoms with Crippen molar-refractivity contribution < 1.29 is 18.5 Å². The van der Waals surface area contributed by atoms with E-state index < -0.39 is 16.6 Å². The van der Waals surface area contributed by atoms with Crippen molar-refractivity contribution in [2.45, 2.75) is 44.6 Å². The molecule has 0 spiro atoms. The second-order valence-electron chi connectivity index (χ2n) is 8.14. The normalized spacial score (nSPS) is 21.0. The van der Waals surface area contributed by atoms with Crippen LogP contribution in [0.15, 0.2) is 26.5 Å². The lowest BCUT2D eigenvalue weighted by Crippen LogP contribution is -2.41. The summed E-state index contributed by atoms with van der Waals surface area (Å²) < 4.78 is 27.3. The van der Waals surface area contributed by atoms with Crippen molar-refractivity contribution in [1.29, 1.82) is 0 Å². The molecule has 1 aromatic carbocycles. The highest BCUT2D eigenvalue weighted by Gasteiger charge is 2.24. The van der Waals surface area contributed by atoms with E-state index in [4.69, 9.17) is 15.2 Å². The third kappa shape index (κ3) is 4.97. The number of carbonyl (C=O) groups is 1. The van der Waals surface area contributed by atoms with Crippen molar-refractivity contribution in [3.63, 3.8) is 0 Å². The van der Waals surface area contributed by atoms with Crippen molar-refractivity contribution >= 4 is 28.2 Å². The molecule has 0 bridgehead atoms. The maximum atomic E-state index is 12.8. The lowest BCUT2D eigenvalue weighted by atomic mass is 9.99. The molecule has 0 saturated carbocycles. The van der Waals surface area contributed by atoms with Gasteiger partial charge in [-0.15, -0.1) is 10.6 Å². The van der Waals surface area contributed by atoms with Gasteiger partial charge in [0.05, 0.1) is 19.2 Å². The molecule has 9 nitrogen and oxygen atoms in total. The number of rotatable bonds is 7. The molecule has 1 aromatic rings. The molecule has 10 heteroatoms. The summed E-state index contributed by atoms with van der Waals surface area (Å²) in [5.41, 5.74) is 11.6. The van der Waals surface area contributed by atoms with E-state index in [0.717, 1.165) is 50.4 Å². The standard InChI is InChI=1S/C22H30N5O4S/c1-30-9-8-24-16-12-25-21(31-13-16)19(11-23)32(29)27-22(28)26-20-17-6-2-4-14(17)10-15-5-3-7-18(15)20/h10-11,16,24H,2-9,12-13,23H2,1H3,(H,26,28)/q-1. The van der Waals surface area contributed by atoms with Crippen LogP contribution in [-0.2, 0) is 50.0 Å². The Morgan fingerprint density at radius 2 is 2.03 bits per heavy atom. The maximum absolute atomic E-state index is 12.8. The summed E-state index contributed by atoms with van der Waals surface area (Å²) in [5, 5.41) is 6.18. The molecule has 1 atom stereocenters. The zero-order chi connectivity index (χ0) is 22.5. The number of hydrogen-bond donors (Lipinski definition) is 3. The molecule has 32 heavy (non-hydrogen) atoms. The van der Waals surface area contributed by atoms with Gasteiger partial charge in [-0.1, -0.05) is 6.07 Å². The molecule has 0 aromatic heterocycles. The largest absolute Gasteiger partial charge is 0.477 e. The summed E-state index contributed by atoms with van der Waals surface area (Å²) in [7, 11) is -0.381. The predicted molar refractivity (Wildman–Crippen MR) is 124 cm³/mol. The van der Waals surface area contributed by atoms with E-state index in [9.17, 15) is 9.00 Å². The first-order valence-corrected chi connectivity index (χ1v) is 12.1. The van der Waals surface area contributed by atoms with Crippen LogP contribution in [0.25, 0.3) is 0 Å². The first-order valence-electron chi connectivity index (χ1n) is 11.0. The van der Waals surface area contributed by atoms with Crippen LogP contribution in [0.4, 0.5) is 10.5 Å².